The van der Waals surface area contributed by atoms with Crippen molar-refractivity contribution in [1.82, 2.24) is 10.2 Å². The molecule has 0 fully saturated rings. The Hall–Kier alpha value is -1.53. The molecule has 2 rings (SSSR count). The molecule has 184 valence electrons. The van der Waals surface area contributed by atoms with Crippen LogP contribution in [0.5, 0.6) is 5.88 Å². The molecule has 2 radical (unpaired) electrons. The second-order valence-electron chi connectivity index (χ2n) is 9.56. The summed E-state index contributed by atoms with van der Waals surface area (Å²) in [6.45, 7) is 9.98. The molecule has 1 aromatic rings. The molecule has 0 N–H and O–H groups in total. The first-order valence-electron chi connectivity index (χ1n) is 13.2. The molecule has 4 atom stereocenters. The Kier molecular flexibility index (Phi) is 14.3. The van der Waals surface area contributed by atoms with E-state index < -0.39 is 0 Å². The van der Waals surface area contributed by atoms with Gasteiger partial charge in [0.15, 0.2) is 6.23 Å². The van der Waals surface area contributed by atoms with Gasteiger partial charge < -0.3 is 9.16 Å². The quantitative estimate of drug-likeness (QED) is 0.129. The third-order valence-corrected chi connectivity index (χ3v) is 7.44. The Labute approximate surface area is 204 Å². The zero-order valence-corrected chi connectivity index (χ0v) is 22.3. The number of hydrogen-bond donors (Lipinski definition) is 0. The SMILES string of the molecule is CCCCCCCOC1C=CC(c2ccc(O[Si]CC(C)CCC(C)CCCC)nn2)C=N1. The fraction of sp³-hybridized carbons (Fsp3) is 0.741. The van der Waals surface area contributed by atoms with Gasteiger partial charge in [-0.05, 0) is 36.4 Å². The van der Waals surface area contributed by atoms with Crippen LogP contribution in [0.4, 0.5) is 0 Å². The van der Waals surface area contributed by atoms with Gasteiger partial charge in [0.2, 0.25) is 5.88 Å². The van der Waals surface area contributed by atoms with Crippen molar-refractivity contribution in [2.24, 2.45) is 16.8 Å². The van der Waals surface area contributed by atoms with Crippen molar-refractivity contribution in [3.63, 3.8) is 0 Å². The second kappa shape index (κ2) is 17.0. The summed E-state index contributed by atoms with van der Waals surface area (Å²) in [4.78, 5) is 4.53. The van der Waals surface area contributed by atoms with Crippen molar-refractivity contribution in [2.75, 3.05) is 6.61 Å². The summed E-state index contributed by atoms with van der Waals surface area (Å²) in [5.41, 5.74) is 0.887. The van der Waals surface area contributed by atoms with Gasteiger partial charge in [0, 0.05) is 18.9 Å². The molecule has 2 heterocycles. The summed E-state index contributed by atoms with van der Waals surface area (Å²) in [6, 6.07) is 5.00. The zero-order valence-electron chi connectivity index (χ0n) is 21.3. The number of rotatable bonds is 18. The van der Waals surface area contributed by atoms with Gasteiger partial charge in [-0.2, -0.15) is 5.10 Å². The molecule has 1 aliphatic heterocycles. The largest absolute Gasteiger partial charge is 0.527 e. The standard InChI is InChI=1S/C27H45N3O2Si/c1-5-7-9-10-11-19-31-26-17-15-24(20-28-26)25-16-18-27(30-29-25)32-33-21-23(4)14-13-22(3)12-8-6-2/h15-18,20,22-24,26H,5-14,19,21H2,1-4H3. The van der Waals surface area contributed by atoms with Gasteiger partial charge in [-0.15, -0.1) is 5.10 Å². The van der Waals surface area contributed by atoms with E-state index in [4.69, 9.17) is 9.16 Å². The van der Waals surface area contributed by atoms with E-state index in [0.717, 1.165) is 30.7 Å². The fourth-order valence-electron chi connectivity index (χ4n) is 3.86. The first-order chi connectivity index (χ1) is 16.1. The molecule has 0 spiro atoms. The van der Waals surface area contributed by atoms with E-state index in [2.05, 4.69) is 49.0 Å². The number of ether oxygens (including phenoxy) is 1. The number of aliphatic imine (C=N–C) groups is 1. The van der Waals surface area contributed by atoms with Crippen LogP contribution in [-0.4, -0.2) is 39.0 Å². The monoisotopic (exact) mass is 471 g/mol. The summed E-state index contributed by atoms with van der Waals surface area (Å²) in [5.74, 6) is 2.19. The third kappa shape index (κ3) is 11.9. The van der Waals surface area contributed by atoms with Crippen LogP contribution in [0.15, 0.2) is 29.3 Å². The lowest BCUT2D eigenvalue weighted by Gasteiger charge is -2.16. The van der Waals surface area contributed by atoms with Crippen molar-refractivity contribution in [3.05, 3.63) is 30.0 Å². The van der Waals surface area contributed by atoms with Crippen LogP contribution < -0.4 is 4.43 Å². The van der Waals surface area contributed by atoms with E-state index in [9.17, 15) is 0 Å². The second-order valence-corrected chi connectivity index (χ2v) is 10.5. The lowest BCUT2D eigenvalue weighted by Crippen LogP contribution is -2.15. The van der Waals surface area contributed by atoms with Crippen LogP contribution in [0.3, 0.4) is 0 Å². The minimum absolute atomic E-state index is 0.0492. The van der Waals surface area contributed by atoms with Crippen LogP contribution in [-0.2, 0) is 4.74 Å². The Bertz CT molecular complexity index is 666. The molecular formula is C27H45N3O2Si. The number of aromatic nitrogens is 2. The number of unbranched alkanes of at least 4 members (excludes halogenated alkanes) is 5. The topological polar surface area (TPSA) is 56.6 Å². The number of dihydropyridines is 1. The van der Waals surface area contributed by atoms with Crippen LogP contribution in [0.1, 0.15) is 104 Å². The zero-order chi connectivity index (χ0) is 23.7. The molecular weight excluding hydrogens is 426 g/mol. The maximum atomic E-state index is 5.87. The Balaban J connectivity index is 1.62. The van der Waals surface area contributed by atoms with E-state index in [-0.39, 0.29) is 12.1 Å². The van der Waals surface area contributed by atoms with Crippen molar-refractivity contribution >= 4 is 16.0 Å². The van der Waals surface area contributed by atoms with Gasteiger partial charge in [0.25, 0.3) is 0 Å². The predicted octanol–water partition coefficient (Wildman–Crippen LogP) is 7.17. The molecule has 4 unspecified atom stereocenters. The molecule has 5 nitrogen and oxygen atoms in total. The minimum atomic E-state index is -0.166. The highest BCUT2D eigenvalue weighted by Gasteiger charge is 2.15. The molecule has 1 aliphatic rings. The van der Waals surface area contributed by atoms with E-state index in [1.54, 1.807) is 0 Å². The summed E-state index contributed by atoms with van der Waals surface area (Å²) in [5, 5.41) is 8.63. The third-order valence-electron chi connectivity index (χ3n) is 6.23. The summed E-state index contributed by atoms with van der Waals surface area (Å²) in [7, 11) is 0.434. The minimum Gasteiger partial charge on any atom is -0.527 e. The number of allylic oxidation sites excluding steroid dienone is 1. The average Bonchev–Trinajstić information content (AvgIpc) is 2.84. The highest BCUT2D eigenvalue weighted by Crippen LogP contribution is 2.21. The lowest BCUT2D eigenvalue weighted by molar-refractivity contribution is 0.0870. The summed E-state index contributed by atoms with van der Waals surface area (Å²) >= 11 is 0. The Morgan fingerprint density at radius 3 is 2.36 bits per heavy atom. The molecule has 0 aliphatic carbocycles. The van der Waals surface area contributed by atoms with Crippen molar-refractivity contribution in [2.45, 2.75) is 110 Å². The van der Waals surface area contributed by atoms with Crippen molar-refractivity contribution < 1.29 is 9.16 Å². The van der Waals surface area contributed by atoms with E-state index in [1.165, 1.54) is 57.8 Å². The van der Waals surface area contributed by atoms with E-state index in [0.29, 0.717) is 21.6 Å². The van der Waals surface area contributed by atoms with Crippen LogP contribution >= 0.6 is 0 Å². The molecule has 0 bridgehead atoms. The molecule has 0 aromatic carbocycles. The van der Waals surface area contributed by atoms with Crippen molar-refractivity contribution in [1.29, 1.82) is 0 Å². The highest BCUT2D eigenvalue weighted by atomic mass is 28.2. The maximum absolute atomic E-state index is 5.87. The smallest absolute Gasteiger partial charge is 0.313 e. The van der Waals surface area contributed by atoms with Crippen molar-refractivity contribution in [3.8, 4) is 5.88 Å². The molecule has 6 heteroatoms. The molecule has 0 saturated heterocycles. The number of nitrogens with zero attached hydrogens (tertiary/aromatic N) is 3. The predicted molar refractivity (Wildman–Crippen MR) is 139 cm³/mol. The molecule has 0 amide bonds. The van der Waals surface area contributed by atoms with Crippen LogP contribution in [0, 0.1) is 11.8 Å². The highest BCUT2D eigenvalue weighted by molar-refractivity contribution is 6.28. The normalized spacial score (nSPS) is 19.5. The van der Waals surface area contributed by atoms with Gasteiger partial charge in [-0.25, -0.2) is 0 Å². The van der Waals surface area contributed by atoms with E-state index in [1.807, 2.05) is 24.4 Å². The Morgan fingerprint density at radius 1 is 0.879 bits per heavy atom. The van der Waals surface area contributed by atoms with E-state index >= 15 is 0 Å². The Morgan fingerprint density at radius 2 is 1.67 bits per heavy atom. The summed E-state index contributed by atoms with van der Waals surface area (Å²) in [6.07, 6.45) is 18.7. The van der Waals surface area contributed by atoms with Crippen LogP contribution in [0.2, 0.25) is 6.04 Å². The molecule has 1 aromatic heterocycles. The first-order valence-corrected chi connectivity index (χ1v) is 14.3. The van der Waals surface area contributed by atoms with Gasteiger partial charge in [-0.1, -0.05) is 91.6 Å². The first kappa shape index (κ1) is 27.7. The average molecular weight is 472 g/mol. The summed E-state index contributed by atoms with van der Waals surface area (Å²) < 4.78 is 11.7. The van der Waals surface area contributed by atoms with Crippen LogP contribution in [0.25, 0.3) is 0 Å². The van der Waals surface area contributed by atoms with Gasteiger partial charge in [0.05, 0.1) is 11.6 Å². The molecule has 0 saturated carbocycles. The van der Waals surface area contributed by atoms with Gasteiger partial charge >= 0.3 is 9.76 Å². The lowest BCUT2D eigenvalue weighted by atomic mass is 9.95. The fourth-order valence-corrected chi connectivity index (χ4v) is 4.69. The number of hydrogen-bond acceptors (Lipinski definition) is 5. The maximum Gasteiger partial charge on any atom is 0.313 e. The molecule has 33 heavy (non-hydrogen) atoms. The van der Waals surface area contributed by atoms with Gasteiger partial charge in [-0.3, -0.25) is 4.99 Å². The van der Waals surface area contributed by atoms with Gasteiger partial charge in [0.1, 0.15) is 0 Å².